The van der Waals surface area contributed by atoms with Gasteiger partial charge >= 0.3 is 18.0 Å². The Kier molecular flexibility index (Phi) is 9.41. The van der Waals surface area contributed by atoms with Crippen LogP contribution in [0, 0.1) is 23.2 Å². The van der Waals surface area contributed by atoms with Gasteiger partial charge in [0.15, 0.2) is 24.6 Å². The van der Waals surface area contributed by atoms with Gasteiger partial charge in [-0.25, -0.2) is 4.79 Å². The van der Waals surface area contributed by atoms with Crippen LogP contribution in [0.1, 0.15) is 32.3 Å². The number of carbonyl (C=O) groups is 3. The van der Waals surface area contributed by atoms with E-state index in [1.165, 1.54) is 31.4 Å². The minimum Gasteiger partial charge on any atom is -0.454 e. The topological polar surface area (TPSA) is 153 Å². The summed E-state index contributed by atoms with van der Waals surface area (Å²) in [5.74, 6) is -2.21. The number of hydrogen-bond acceptors (Lipinski definition) is 10. The van der Waals surface area contributed by atoms with E-state index in [2.05, 4.69) is 5.32 Å². The van der Waals surface area contributed by atoms with Crippen molar-refractivity contribution in [3.05, 3.63) is 42.0 Å². The second-order valence-corrected chi connectivity index (χ2v) is 8.69. The van der Waals surface area contributed by atoms with Crippen LogP contribution in [0.3, 0.4) is 0 Å². The fourth-order valence-corrected chi connectivity index (χ4v) is 3.81. The molecule has 0 aliphatic carbocycles. The van der Waals surface area contributed by atoms with Gasteiger partial charge in [-0.1, -0.05) is 26.0 Å². The highest BCUT2D eigenvalue weighted by molar-refractivity contribution is 5.85. The number of anilines is 1. The Labute approximate surface area is 208 Å². The van der Waals surface area contributed by atoms with E-state index >= 15 is 0 Å². The smallest absolute Gasteiger partial charge is 0.412 e. The predicted octanol–water partition coefficient (Wildman–Crippen LogP) is 2.28. The summed E-state index contributed by atoms with van der Waals surface area (Å²) in [7, 11) is 1.32. The Hall–Kier alpha value is -3.46. The lowest BCUT2D eigenvalue weighted by atomic mass is 9.97. The highest BCUT2D eigenvalue weighted by Gasteiger charge is 2.53. The SMILES string of the molecule is CO[C@H]1O[C@H](CO)[C@H](OC(=O)Nc2ccc(C#N)cc2)[C@@H]2OC(=O)[C@@H](C)CC=CC[C@H](C)C(=O)O[C@@H]12. The van der Waals surface area contributed by atoms with Crippen molar-refractivity contribution >= 4 is 23.7 Å². The molecule has 7 atom stereocenters. The fourth-order valence-electron chi connectivity index (χ4n) is 3.81. The molecule has 11 nitrogen and oxygen atoms in total. The lowest BCUT2D eigenvalue weighted by molar-refractivity contribution is -0.300. The fraction of sp³-hybridized carbons (Fsp3) is 0.520. The summed E-state index contributed by atoms with van der Waals surface area (Å²) in [5, 5.41) is 21.4. The molecule has 11 heteroatoms. The number of amides is 1. The quantitative estimate of drug-likeness (QED) is 0.356. The van der Waals surface area contributed by atoms with Crippen molar-refractivity contribution in [2.75, 3.05) is 19.0 Å². The van der Waals surface area contributed by atoms with Crippen molar-refractivity contribution < 1.29 is 43.2 Å². The maximum Gasteiger partial charge on any atom is 0.412 e. The van der Waals surface area contributed by atoms with Crippen LogP contribution in [0.2, 0.25) is 0 Å². The van der Waals surface area contributed by atoms with Crippen molar-refractivity contribution in [1.29, 1.82) is 5.26 Å². The van der Waals surface area contributed by atoms with Gasteiger partial charge < -0.3 is 28.8 Å². The molecular formula is C25H30N2O9. The summed E-state index contributed by atoms with van der Waals surface area (Å²) in [4.78, 5) is 38.4. The number of hydrogen-bond donors (Lipinski definition) is 2. The first-order chi connectivity index (χ1) is 17.3. The minimum atomic E-state index is -1.33. The monoisotopic (exact) mass is 502 g/mol. The second-order valence-electron chi connectivity index (χ2n) is 8.69. The largest absolute Gasteiger partial charge is 0.454 e. The molecule has 1 amide bonds. The van der Waals surface area contributed by atoms with E-state index in [0.717, 1.165) is 0 Å². The molecule has 0 spiro atoms. The first-order valence-corrected chi connectivity index (χ1v) is 11.6. The van der Waals surface area contributed by atoms with Gasteiger partial charge in [0.1, 0.15) is 6.10 Å². The molecule has 3 rings (SSSR count). The average molecular weight is 503 g/mol. The molecule has 2 aliphatic heterocycles. The molecule has 0 saturated carbocycles. The van der Waals surface area contributed by atoms with E-state index in [4.69, 9.17) is 28.9 Å². The number of nitrogens with one attached hydrogen (secondary N) is 1. The molecule has 0 bridgehead atoms. The molecule has 0 unspecified atom stereocenters. The third kappa shape index (κ3) is 6.60. The van der Waals surface area contributed by atoms with Crippen molar-refractivity contribution in [2.24, 2.45) is 11.8 Å². The van der Waals surface area contributed by atoms with Crippen molar-refractivity contribution in [1.82, 2.24) is 0 Å². The number of fused-ring (bicyclic) bond motifs is 1. The standard InChI is InChI=1S/C25H30N2O9/c1-14-6-4-5-7-15(2)23(30)35-21-20(34-22(14)29)19(18(13-28)33-24(21)32-3)36-25(31)27-17-10-8-16(12-26)9-11-17/h4-5,8-11,14-15,18-21,24,28H,6-7,13H2,1-3H3,(H,27,31)/t14-,15-,18+,19-,20-,21+,24-/m0/s1. The first kappa shape index (κ1) is 27.1. The summed E-state index contributed by atoms with van der Waals surface area (Å²) in [6.45, 7) is 2.79. The van der Waals surface area contributed by atoms with Crippen LogP contribution in [0.4, 0.5) is 10.5 Å². The van der Waals surface area contributed by atoms with E-state index in [1.54, 1.807) is 26.0 Å². The maximum absolute atomic E-state index is 12.9. The van der Waals surface area contributed by atoms with Crippen molar-refractivity contribution in [2.45, 2.75) is 57.4 Å². The molecule has 2 N–H and O–H groups in total. The normalized spacial score (nSPS) is 30.9. The Morgan fingerprint density at radius 1 is 1.08 bits per heavy atom. The number of allylic oxidation sites excluding steroid dienone is 2. The molecule has 2 heterocycles. The number of rotatable bonds is 4. The van der Waals surface area contributed by atoms with Gasteiger partial charge in [0.05, 0.1) is 30.1 Å². The van der Waals surface area contributed by atoms with E-state index in [0.29, 0.717) is 24.1 Å². The summed E-state index contributed by atoms with van der Waals surface area (Å²) in [5.41, 5.74) is 0.752. The van der Waals surface area contributed by atoms with Gasteiger partial charge in [-0.2, -0.15) is 5.26 Å². The third-order valence-electron chi connectivity index (χ3n) is 5.96. The maximum atomic E-state index is 12.9. The Balaban J connectivity index is 1.90. The zero-order valence-electron chi connectivity index (χ0n) is 20.3. The lowest BCUT2D eigenvalue weighted by Crippen LogP contribution is -2.63. The van der Waals surface area contributed by atoms with Gasteiger partial charge in [-0.05, 0) is 37.1 Å². The van der Waals surface area contributed by atoms with Gasteiger partial charge in [-0.3, -0.25) is 14.9 Å². The molecule has 2 aliphatic rings. The first-order valence-electron chi connectivity index (χ1n) is 11.6. The van der Waals surface area contributed by atoms with E-state index in [1.807, 2.05) is 6.07 Å². The Morgan fingerprint density at radius 2 is 1.67 bits per heavy atom. The number of nitrogens with zero attached hydrogens (tertiary/aromatic N) is 1. The van der Waals surface area contributed by atoms with E-state index < -0.39 is 67.2 Å². The van der Waals surface area contributed by atoms with Gasteiger partial charge in [0.25, 0.3) is 0 Å². The molecule has 1 saturated heterocycles. The van der Waals surface area contributed by atoms with Crippen LogP contribution < -0.4 is 5.32 Å². The number of methoxy groups -OCH3 is 1. The zero-order valence-corrected chi connectivity index (χ0v) is 20.3. The third-order valence-corrected chi connectivity index (χ3v) is 5.96. The van der Waals surface area contributed by atoms with E-state index in [-0.39, 0.29) is 0 Å². The van der Waals surface area contributed by atoms with Gasteiger partial charge in [0.2, 0.25) is 0 Å². The van der Waals surface area contributed by atoms with Crippen LogP contribution >= 0.6 is 0 Å². The number of nitriles is 1. The number of carbonyl (C=O) groups excluding carboxylic acids is 3. The molecule has 1 aromatic carbocycles. The average Bonchev–Trinajstić information content (AvgIpc) is 2.87. The molecular weight excluding hydrogens is 472 g/mol. The van der Waals surface area contributed by atoms with Crippen LogP contribution in [0.15, 0.2) is 36.4 Å². The van der Waals surface area contributed by atoms with Crippen LogP contribution in [-0.2, 0) is 33.3 Å². The Bertz CT molecular complexity index is 1000. The second kappa shape index (κ2) is 12.5. The number of aliphatic hydroxyl groups is 1. The highest BCUT2D eigenvalue weighted by atomic mass is 16.7. The van der Waals surface area contributed by atoms with Gasteiger partial charge in [-0.15, -0.1) is 0 Å². The lowest BCUT2D eigenvalue weighted by Gasteiger charge is -2.44. The molecule has 0 radical (unpaired) electrons. The summed E-state index contributed by atoms with van der Waals surface area (Å²) < 4.78 is 28.0. The van der Waals surface area contributed by atoms with Crippen LogP contribution in [-0.4, -0.2) is 67.6 Å². The zero-order chi connectivity index (χ0) is 26.2. The Morgan fingerprint density at radius 3 is 2.19 bits per heavy atom. The number of esters is 2. The van der Waals surface area contributed by atoms with Crippen LogP contribution in [0.25, 0.3) is 0 Å². The van der Waals surface area contributed by atoms with Crippen molar-refractivity contribution in [3.8, 4) is 6.07 Å². The molecule has 36 heavy (non-hydrogen) atoms. The van der Waals surface area contributed by atoms with Crippen molar-refractivity contribution in [3.63, 3.8) is 0 Å². The number of benzene rings is 1. The predicted molar refractivity (Wildman–Crippen MR) is 124 cm³/mol. The van der Waals surface area contributed by atoms with Crippen LogP contribution in [0.5, 0.6) is 0 Å². The molecule has 194 valence electrons. The van der Waals surface area contributed by atoms with Gasteiger partial charge in [0, 0.05) is 12.8 Å². The molecule has 0 aromatic heterocycles. The minimum absolute atomic E-state index is 0.346. The number of aliphatic hydroxyl groups excluding tert-OH is 1. The number of ether oxygens (including phenoxy) is 5. The van der Waals surface area contributed by atoms with E-state index in [9.17, 15) is 19.5 Å². The molecule has 1 aromatic rings. The summed E-state index contributed by atoms with van der Waals surface area (Å²) >= 11 is 0. The summed E-state index contributed by atoms with van der Waals surface area (Å²) in [6.07, 6.45) is -2.78. The summed E-state index contributed by atoms with van der Waals surface area (Å²) in [6, 6.07) is 8.03. The molecule has 1 fully saturated rings. The highest BCUT2D eigenvalue weighted by Crippen LogP contribution is 2.31.